The molecular formula is C10H21N3. The Kier molecular flexibility index (Phi) is 2.96. The molecule has 1 aliphatic rings. The van der Waals surface area contributed by atoms with Gasteiger partial charge in [-0.2, -0.15) is 0 Å². The van der Waals surface area contributed by atoms with Crippen molar-refractivity contribution in [2.45, 2.75) is 46.6 Å². The van der Waals surface area contributed by atoms with Gasteiger partial charge in [0.2, 0.25) is 0 Å². The molecule has 1 rings (SSSR count). The maximum atomic E-state index is 5.47. The van der Waals surface area contributed by atoms with Crippen molar-refractivity contribution in [3.8, 4) is 0 Å². The summed E-state index contributed by atoms with van der Waals surface area (Å²) < 4.78 is 0. The first kappa shape index (κ1) is 10.5. The average molecular weight is 183 g/mol. The zero-order chi connectivity index (χ0) is 10.1. The van der Waals surface area contributed by atoms with Crippen molar-refractivity contribution in [2.75, 3.05) is 0 Å². The molecule has 3 nitrogen and oxygen atoms in total. The molecule has 0 aromatic rings. The molecule has 1 unspecified atom stereocenters. The van der Waals surface area contributed by atoms with E-state index in [9.17, 15) is 0 Å². The van der Waals surface area contributed by atoms with Gasteiger partial charge >= 0.3 is 0 Å². The molecular weight excluding hydrogens is 162 g/mol. The Hall–Kier alpha value is -0.570. The highest BCUT2D eigenvalue weighted by Crippen LogP contribution is 2.29. The summed E-state index contributed by atoms with van der Waals surface area (Å²) in [6.07, 6.45) is 2.45. The van der Waals surface area contributed by atoms with Crippen LogP contribution in [0.1, 0.15) is 40.5 Å². The van der Waals surface area contributed by atoms with Gasteiger partial charge < -0.3 is 5.43 Å². The van der Waals surface area contributed by atoms with Crippen molar-refractivity contribution in [2.24, 2.45) is 22.2 Å². The fourth-order valence-electron chi connectivity index (χ4n) is 1.08. The van der Waals surface area contributed by atoms with Crippen LogP contribution in [0.3, 0.4) is 0 Å². The van der Waals surface area contributed by atoms with Crippen molar-refractivity contribution in [1.82, 2.24) is 5.43 Å². The minimum atomic E-state index is 0.222. The molecule has 1 atom stereocenters. The molecule has 1 saturated carbocycles. The van der Waals surface area contributed by atoms with Gasteiger partial charge in [-0.05, 0) is 18.3 Å². The van der Waals surface area contributed by atoms with E-state index in [1.165, 1.54) is 12.8 Å². The molecule has 0 aliphatic heterocycles. The van der Waals surface area contributed by atoms with Crippen molar-refractivity contribution in [3.63, 3.8) is 0 Å². The third-order valence-electron chi connectivity index (χ3n) is 2.73. The minimum Gasteiger partial charge on any atom is -0.312 e. The summed E-state index contributed by atoms with van der Waals surface area (Å²) >= 11 is 0. The SMILES string of the molecule is CC(C(=NC1CC1)NN)C(C)(C)C. The highest BCUT2D eigenvalue weighted by atomic mass is 15.3. The van der Waals surface area contributed by atoms with Gasteiger partial charge in [0.25, 0.3) is 0 Å². The molecule has 1 fully saturated rings. The third kappa shape index (κ3) is 2.99. The summed E-state index contributed by atoms with van der Waals surface area (Å²) in [5.74, 6) is 6.81. The monoisotopic (exact) mass is 183 g/mol. The van der Waals surface area contributed by atoms with Gasteiger partial charge in [0.15, 0.2) is 0 Å². The first-order chi connectivity index (χ1) is 5.95. The number of nitrogens with one attached hydrogen (secondary N) is 1. The largest absolute Gasteiger partial charge is 0.312 e. The molecule has 0 saturated heterocycles. The van der Waals surface area contributed by atoms with Crippen molar-refractivity contribution >= 4 is 5.84 Å². The van der Waals surface area contributed by atoms with Gasteiger partial charge in [-0.1, -0.05) is 27.7 Å². The van der Waals surface area contributed by atoms with Gasteiger partial charge in [-0.15, -0.1) is 0 Å². The van der Waals surface area contributed by atoms with Gasteiger partial charge in [0.05, 0.1) is 6.04 Å². The molecule has 76 valence electrons. The van der Waals surface area contributed by atoms with Crippen molar-refractivity contribution in [3.05, 3.63) is 0 Å². The third-order valence-corrected chi connectivity index (χ3v) is 2.73. The number of nitrogens with two attached hydrogens (primary N) is 1. The lowest BCUT2D eigenvalue weighted by Crippen LogP contribution is -2.40. The molecule has 1 aliphatic carbocycles. The van der Waals surface area contributed by atoms with Crippen LogP contribution in [0.2, 0.25) is 0 Å². The quantitative estimate of drug-likeness (QED) is 0.296. The van der Waals surface area contributed by atoms with Crippen LogP contribution in [0.25, 0.3) is 0 Å². The Balaban J connectivity index is 2.64. The number of amidine groups is 1. The van der Waals surface area contributed by atoms with E-state index in [4.69, 9.17) is 5.84 Å². The number of hydrogen-bond acceptors (Lipinski definition) is 2. The fraction of sp³-hybridized carbons (Fsp3) is 0.900. The molecule has 0 amide bonds. The van der Waals surface area contributed by atoms with E-state index >= 15 is 0 Å². The zero-order valence-electron chi connectivity index (χ0n) is 9.09. The van der Waals surface area contributed by atoms with Crippen LogP contribution in [-0.4, -0.2) is 11.9 Å². The Labute approximate surface area is 80.8 Å². The summed E-state index contributed by atoms with van der Waals surface area (Å²) in [7, 11) is 0. The lowest BCUT2D eigenvalue weighted by molar-refractivity contribution is 0.327. The number of hydrazine groups is 1. The van der Waals surface area contributed by atoms with E-state index in [1.54, 1.807) is 0 Å². The van der Waals surface area contributed by atoms with Crippen molar-refractivity contribution in [1.29, 1.82) is 0 Å². The molecule has 0 spiro atoms. The minimum absolute atomic E-state index is 0.222. The summed E-state index contributed by atoms with van der Waals surface area (Å²) in [4.78, 5) is 4.55. The van der Waals surface area contributed by atoms with E-state index in [1.807, 2.05) is 0 Å². The second-order valence-electron chi connectivity index (χ2n) is 4.98. The molecule has 0 heterocycles. The number of aliphatic imine (C=N–C) groups is 1. The highest BCUT2D eigenvalue weighted by Gasteiger charge is 2.27. The van der Waals surface area contributed by atoms with Crippen molar-refractivity contribution < 1.29 is 0 Å². The van der Waals surface area contributed by atoms with Gasteiger partial charge in [-0.3, -0.25) is 4.99 Å². The van der Waals surface area contributed by atoms with Crippen LogP contribution in [0.4, 0.5) is 0 Å². The van der Waals surface area contributed by atoms with E-state index < -0.39 is 0 Å². The Bertz CT molecular complexity index is 199. The zero-order valence-corrected chi connectivity index (χ0v) is 9.09. The molecule has 3 heteroatoms. The van der Waals surface area contributed by atoms with Crippen LogP contribution in [0.5, 0.6) is 0 Å². The first-order valence-corrected chi connectivity index (χ1v) is 4.99. The number of nitrogens with zero attached hydrogens (tertiary/aromatic N) is 1. The standard InChI is InChI=1S/C10H21N3/c1-7(10(2,3)4)9(13-11)12-8-5-6-8/h7-8H,5-6,11H2,1-4H3,(H,12,13). The summed E-state index contributed by atoms with van der Waals surface area (Å²) in [5, 5.41) is 0. The lowest BCUT2D eigenvalue weighted by Gasteiger charge is -2.28. The number of rotatable bonds is 2. The Morgan fingerprint density at radius 3 is 2.31 bits per heavy atom. The Morgan fingerprint density at radius 1 is 1.46 bits per heavy atom. The van der Waals surface area contributed by atoms with Crippen LogP contribution >= 0.6 is 0 Å². The molecule has 0 radical (unpaired) electrons. The van der Waals surface area contributed by atoms with E-state index in [0.29, 0.717) is 12.0 Å². The summed E-state index contributed by atoms with van der Waals surface area (Å²) in [6.45, 7) is 8.79. The van der Waals surface area contributed by atoms with Gasteiger partial charge in [0.1, 0.15) is 5.84 Å². The second kappa shape index (κ2) is 3.66. The predicted octanol–water partition coefficient (Wildman–Crippen LogP) is 1.69. The number of hydrogen-bond donors (Lipinski definition) is 2. The molecule has 13 heavy (non-hydrogen) atoms. The maximum Gasteiger partial charge on any atom is 0.114 e. The van der Waals surface area contributed by atoms with E-state index in [-0.39, 0.29) is 5.41 Å². The van der Waals surface area contributed by atoms with Gasteiger partial charge in [0, 0.05) is 5.92 Å². The van der Waals surface area contributed by atoms with Crippen LogP contribution in [0.15, 0.2) is 4.99 Å². The van der Waals surface area contributed by atoms with Crippen LogP contribution in [-0.2, 0) is 0 Å². The summed E-state index contributed by atoms with van der Waals surface area (Å²) in [6, 6.07) is 0.538. The molecule has 3 N–H and O–H groups in total. The molecule has 0 bridgehead atoms. The maximum absolute atomic E-state index is 5.47. The van der Waals surface area contributed by atoms with E-state index in [0.717, 1.165) is 5.84 Å². The second-order valence-corrected chi connectivity index (χ2v) is 4.98. The average Bonchev–Trinajstić information content (AvgIpc) is 2.80. The normalized spacial score (nSPS) is 21.5. The fourth-order valence-corrected chi connectivity index (χ4v) is 1.08. The van der Waals surface area contributed by atoms with Crippen LogP contribution in [0, 0.1) is 11.3 Å². The van der Waals surface area contributed by atoms with Crippen LogP contribution < -0.4 is 11.3 Å². The Morgan fingerprint density at radius 2 is 2.00 bits per heavy atom. The topological polar surface area (TPSA) is 50.4 Å². The summed E-state index contributed by atoms with van der Waals surface area (Å²) in [5.41, 5.74) is 2.95. The van der Waals surface area contributed by atoms with E-state index in [2.05, 4.69) is 38.1 Å². The van der Waals surface area contributed by atoms with Gasteiger partial charge in [-0.25, -0.2) is 5.84 Å². The molecule has 0 aromatic heterocycles. The lowest BCUT2D eigenvalue weighted by atomic mass is 9.81. The molecule has 0 aromatic carbocycles. The smallest absolute Gasteiger partial charge is 0.114 e. The highest BCUT2D eigenvalue weighted by molar-refractivity contribution is 5.84. The first-order valence-electron chi connectivity index (χ1n) is 4.99. The predicted molar refractivity (Wildman–Crippen MR) is 56.4 cm³/mol.